The summed E-state index contributed by atoms with van der Waals surface area (Å²) < 4.78 is 15.0. The van der Waals surface area contributed by atoms with Crippen molar-refractivity contribution in [3.63, 3.8) is 0 Å². The average Bonchev–Trinajstić information content (AvgIpc) is 2.28. The number of hydrogen-bond donors (Lipinski definition) is 2. The Labute approximate surface area is 104 Å². The molecule has 1 unspecified atom stereocenters. The van der Waals surface area contributed by atoms with Gasteiger partial charge in [-0.2, -0.15) is 0 Å². The molecule has 5 heteroatoms. The molecule has 16 heavy (non-hydrogen) atoms. The molecular formula is C11H17BrFO2P. The van der Waals surface area contributed by atoms with Crippen LogP contribution in [0.1, 0.15) is 25.3 Å². The van der Waals surface area contributed by atoms with E-state index >= 15 is 0 Å². The summed E-state index contributed by atoms with van der Waals surface area (Å²) in [4.78, 5) is 20.4. The van der Waals surface area contributed by atoms with Gasteiger partial charge in [0, 0.05) is 0 Å². The second-order valence-electron chi connectivity index (χ2n) is 4.00. The zero-order valence-corrected chi connectivity index (χ0v) is 11.9. The third-order valence-electron chi connectivity index (χ3n) is 3.03. The topological polar surface area (TPSA) is 40.5 Å². The summed E-state index contributed by atoms with van der Waals surface area (Å²) in [6.07, 6.45) is 0.131. The molecule has 0 aliphatic heterocycles. The van der Waals surface area contributed by atoms with Crippen LogP contribution in [0, 0.1) is 0 Å². The zero-order valence-electron chi connectivity index (χ0n) is 9.40. The van der Waals surface area contributed by atoms with Gasteiger partial charge >= 0.3 is 104 Å². The van der Waals surface area contributed by atoms with E-state index in [-0.39, 0.29) is 12.3 Å². The van der Waals surface area contributed by atoms with Crippen molar-refractivity contribution in [3.05, 3.63) is 34.3 Å². The van der Waals surface area contributed by atoms with E-state index in [1.165, 1.54) is 0 Å². The molecule has 0 aromatic heterocycles. The van der Waals surface area contributed by atoms with Crippen LogP contribution in [0.5, 0.6) is 0 Å². The number of hydrogen-bond acceptors (Lipinski definition) is 2. The number of halogens is 2. The molecule has 0 heterocycles. The van der Waals surface area contributed by atoms with Gasteiger partial charge in [-0.25, -0.2) is 0 Å². The van der Waals surface area contributed by atoms with Crippen molar-refractivity contribution in [2.75, 3.05) is 12.3 Å². The molecule has 1 rings (SSSR count). The van der Waals surface area contributed by atoms with E-state index in [0.29, 0.717) is 5.56 Å². The van der Waals surface area contributed by atoms with E-state index in [9.17, 15) is 14.2 Å². The molecule has 0 fully saturated rings. The van der Waals surface area contributed by atoms with Crippen LogP contribution in [0.3, 0.4) is 0 Å². The first-order chi connectivity index (χ1) is 7.32. The normalized spacial score (nSPS) is 16.5. The predicted molar refractivity (Wildman–Crippen MR) is 70.4 cm³/mol. The fourth-order valence-electron chi connectivity index (χ4n) is 1.54. The van der Waals surface area contributed by atoms with Crippen molar-refractivity contribution in [1.29, 1.82) is 0 Å². The molecule has 0 radical (unpaired) electrons. The molecule has 0 spiro atoms. The van der Waals surface area contributed by atoms with Crippen LogP contribution in [-0.2, 0) is 0 Å². The van der Waals surface area contributed by atoms with Gasteiger partial charge < -0.3 is 0 Å². The van der Waals surface area contributed by atoms with Gasteiger partial charge in [0.05, 0.1) is 0 Å². The van der Waals surface area contributed by atoms with E-state index in [1.807, 2.05) is 0 Å². The molecule has 1 atom stereocenters. The van der Waals surface area contributed by atoms with Crippen molar-refractivity contribution >= 4 is 23.0 Å². The van der Waals surface area contributed by atoms with Gasteiger partial charge in [-0.1, -0.05) is 0 Å². The van der Waals surface area contributed by atoms with E-state index in [2.05, 4.69) is 15.9 Å². The fraction of sp³-hybridized carbons (Fsp3) is 0.455. The van der Waals surface area contributed by atoms with Crippen LogP contribution >= 0.6 is 23.0 Å². The Hall–Kier alpha value is -0.0200. The van der Waals surface area contributed by atoms with Gasteiger partial charge in [-0.05, 0) is 0 Å². The molecular weight excluding hydrogens is 294 g/mol. The second-order valence-corrected chi connectivity index (χ2v) is 9.58. The Balaban J connectivity index is 3.15. The third kappa shape index (κ3) is 2.62. The fourth-order valence-corrected chi connectivity index (χ4v) is 3.90. The maximum atomic E-state index is 14.3. The number of rotatable bonds is 4. The summed E-state index contributed by atoms with van der Waals surface area (Å²) in [7, 11) is -4.23. The van der Waals surface area contributed by atoms with Gasteiger partial charge in [0.25, 0.3) is 0 Å². The van der Waals surface area contributed by atoms with Gasteiger partial charge in [0.15, 0.2) is 0 Å². The summed E-state index contributed by atoms with van der Waals surface area (Å²) in [6.45, 7) is 3.23. The predicted octanol–water partition coefficient (Wildman–Crippen LogP) is 3.82. The van der Waals surface area contributed by atoms with Crippen molar-refractivity contribution < 1.29 is 14.2 Å². The van der Waals surface area contributed by atoms with Crippen LogP contribution < -0.4 is 0 Å². The molecule has 1 aromatic rings. The Morgan fingerprint density at radius 2 is 1.88 bits per heavy atom. The van der Waals surface area contributed by atoms with Crippen molar-refractivity contribution in [2.24, 2.45) is 0 Å². The molecule has 0 amide bonds. The van der Waals surface area contributed by atoms with Crippen LogP contribution in [0.2, 0.25) is 0 Å². The van der Waals surface area contributed by atoms with E-state index in [0.717, 1.165) is 4.47 Å². The Bertz CT molecular complexity index is 376. The SMILES string of the molecule is CCP(O)(O)(CC)C(F)c1cccc(Br)c1. The van der Waals surface area contributed by atoms with Gasteiger partial charge in [0.2, 0.25) is 0 Å². The molecule has 0 aliphatic carbocycles. The summed E-state index contributed by atoms with van der Waals surface area (Å²) >= 11 is 3.24. The molecule has 2 N–H and O–H groups in total. The van der Waals surface area contributed by atoms with Gasteiger partial charge in [-0.3, -0.25) is 0 Å². The van der Waals surface area contributed by atoms with Crippen LogP contribution in [0.25, 0.3) is 0 Å². The van der Waals surface area contributed by atoms with E-state index < -0.39 is 13.0 Å². The standard InChI is InChI=1S/C11H17BrFO2P/c1-3-16(14,15,4-2)11(13)9-6-5-7-10(12)8-9/h5-8,11,14-15H,3-4H2,1-2H3. The quantitative estimate of drug-likeness (QED) is 0.830. The Morgan fingerprint density at radius 1 is 1.31 bits per heavy atom. The first-order valence-corrected chi connectivity index (χ1v) is 8.60. The molecule has 92 valence electrons. The summed E-state index contributed by atoms with van der Waals surface area (Å²) in [6, 6.07) is 6.63. The monoisotopic (exact) mass is 310 g/mol. The molecule has 0 saturated heterocycles. The van der Waals surface area contributed by atoms with Crippen molar-refractivity contribution in [2.45, 2.75) is 19.8 Å². The first-order valence-electron chi connectivity index (χ1n) is 5.22. The molecule has 0 saturated carbocycles. The zero-order chi connectivity index (χ0) is 12.4. The summed E-state index contributed by atoms with van der Waals surface area (Å²) in [5.41, 5.74) is 0.320. The minimum absolute atomic E-state index is 0.0653. The second kappa shape index (κ2) is 4.69. The molecule has 0 aliphatic rings. The van der Waals surface area contributed by atoms with Gasteiger partial charge in [-0.15, -0.1) is 0 Å². The van der Waals surface area contributed by atoms with E-state index in [1.54, 1.807) is 38.1 Å². The number of alkyl halides is 1. The third-order valence-corrected chi connectivity index (χ3v) is 7.62. The minimum atomic E-state index is -4.23. The molecule has 0 bridgehead atoms. The van der Waals surface area contributed by atoms with Crippen molar-refractivity contribution in [3.8, 4) is 0 Å². The maximum absolute atomic E-state index is 14.3. The van der Waals surface area contributed by atoms with Crippen LogP contribution in [0.15, 0.2) is 28.7 Å². The molecule has 1 aromatic carbocycles. The van der Waals surface area contributed by atoms with Crippen LogP contribution in [0.4, 0.5) is 4.39 Å². The Kier molecular flexibility index (Phi) is 4.12. The van der Waals surface area contributed by atoms with Crippen molar-refractivity contribution in [1.82, 2.24) is 0 Å². The van der Waals surface area contributed by atoms with Crippen LogP contribution in [-0.4, -0.2) is 22.1 Å². The first kappa shape index (κ1) is 14.0. The summed E-state index contributed by atoms with van der Waals surface area (Å²) in [5.74, 6) is -1.70. The van der Waals surface area contributed by atoms with E-state index in [4.69, 9.17) is 0 Å². The number of benzene rings is 1. The van der Waals surface area contributed by atoms with Gasteiger partial charge in [0.1, 0.15) is 0 Å². The molecule has 2 nitrogen and oxygen atoms in total. The Morgan fingerprint density at radius 3 is 2.31 bits per heavy atom. The average molecular weight is 311 g/mol. The summed E-state index contributed by atoms with van der Waals surface area (Å²) in [5, 5.41) is 0.